The zero-order valence-electron chi connectivity index (χ0n) is 30.3. The highest BCUT2D eigenvalue weighted by atomic mass is 15.0. The summed E-state index contributed by atoms with van der Waals surface area (Å²) in [5.74, 6) is 1.93. The zero-order valence-corrected chi connectivity index (χ0v) is 30.3. The van der Waals surface area contributed by atoms with Crippen LogP contribution < -0.4 is 0 Å². The maximum absolute atomic E-state index is 4.99. The molecule has 3 heterocycles. The first-order valence-electron chi connectivity index (χ1n) is 18.9. The monoisotopic (exact) mass is 715 g/mol. The molecule has 3 aromatic heterocycles. The smallest absolute Gasteiger partial charge is 0.164 e. The van der Waals surface area contributed by atoms with E-state index in [1.54, 1.807) is 0 Å². The van der Waals surface area contributed by atoms with E-state index < -0.39 is 0 Å². The topological polar surface area (TPSA) is 48.5 Å². The van der Waals surface area contributed by atoms with Crippen LogP contribution >= 0.6 is 0 Å². The van der Waals surface area contributed by atoms with Gasteiger partial charge in [-0.3, -0.25) is 0 Å². The van der Waals surface area contributed by atoms with Gasteiger partial charge in [-0.2, -0.15) is 0 Å². The number of nitrogens with zero attached hydrogens (tertiary/aromatic N) is 5. The molecule has 0 fully saturated rings. The third-order valence-corrected chi connectivity index (χ3v) is 10.8. The van der Waals surface area contributed by atoms with E-state index in [1.165, 1.54) is 38.1 Å². The fourth-order valence-corrected chi connectivity index (χ4v) is 8.18. The van der Waals surface area contributed by atoms with Gasteiger partial charge in [0.2, 0.25) is 0 Å². The number of hydrogen-bond acceptors (Lipinski definition) is 3. The molecule has 8 aromatic carbocycles. The number of aromatic nitrogens is 5. The molecule has 0 N–H and O–H groups in total. The van der Waals surface area contributed by atoms with Gasteiger partial charge in [0, 0.05) is 49.6 Å². The molecule has 0 aliphatic heterocycles. The SMILES string of the molecule is c1ccc(-c2nc(-c3ccccc3)nc(-c3cccc(-c4cccc(-n5c6ccccc6c6cc(-n7c8ccccc8c8ccccc87)ccc65)c4)c3)n2)cc1. The van der Waals surface area contributed by atoms with E-state index in [0.29, 0.717) is 17.5 Å². The van der Waals surface area contributed by atoms with Crippen molar-refractivity contribution in [3.63, 3.8) is 0 Å². The van der Waals surface area contributed by atoms with Crippen molar-refractivity contribution < 1.29 is 0 Å². The summed E-state index contributed by atoms with van der Waals surface area (Å²) in [5.41, 5.74) is 12.0. The second kappa shape index (κ2) is 13.0. The molecule has 0 bridgehead atoms. The number of para-hydroxylation sites is 3. The summed E-state index contributed by atoms with van der Waals surface area (Å²) in [6, 6.07) is 70.5. The van der Waals surface area contributed by atoms with Crippen LogP contribution in [0.5, 0.6) is 0 Å². The van der Waals surface area contributed by atoms with Crippen LogP contribution in [-0.2, 0) is 0 Å². The van der Waals surface area contributed by atoms with Crippen LogP contribution in [0.15, 0.2) is 200 Å². The molecule has 0 atom stereocenters. The third kappa shape index (κ3) is 5.29. The summed E-state index contributed by atoms with van der Waals surface area (Å²) in [4.78, 5) is 14.9. The van der Waals surface area contributed by atoms with Gasteiger partial charge < -0.3 is 9.13 Å². The van der Waals surface area contributed by atoms with Crippen molar-refractivity contribution in [2.24, 2.45) is 0 Å². The lowest BCUT2D eigenvalue weighted by Gasteiger charge is -2.12. The van der Waals surface area contributed by atoms with Crippen LogP contribution in [0.25, 0.3) is 100 Å². The van der Waals surface area contributed by atoms with Crippen molar-refractivity contribution >= 4 is 43.6 Å². The van der Waals surface area contributed by atoms with Gasteiger partial charge in [-0.25, -0.2) is 15.0 Å². The Balaban J connectivity index is 1.03. The first kappa shape index (κ1) is 31.9. The van der Waals surface area contributed by atoms with Crippen molar-refractivity contribution in [2.45, 2.75) is 0 Å². The molecule has 0 aliphatic carbocycles. The lowest BCUT2D eigenvalue weighted by atomic mass is 10.0. The van der Waals surface area contributed by atoms with Gasteiger partial charge in [0.1, 0.15) is 0 Å². The highest BCUT2D eigenvalue weighted by molar-refractivity contribution is 6.12. The molecule has 0 saturated heterocycles. The minimum absolute atomic E-state index is 0.636. The van der Waals surface area contributed by atoms with Crippen LogP contribution in [-0.4, -0.2) is 24.1 Å². The van der Waals surface area contributed by atoms with Gasteiger partial charge in [-0.15, -0.1) is 0 Å². The Bertz CT molecular complexity index is 3140. The van der Waals surface area contributed by atoms with Crippen molar-refractivity contribution in [2.75, 3.05) is 0 Å². The van der Waals surface area contributed by atoms with Gasteiger partial charge in [0.25, 0.3) is 0 Å². The number of benzene rings is 8. The minimum atomic E-state index is 0.636. The molecule has 11 aromatic rings. The minimum Gasteiger partial charge on any atom is -0.309 e. The Kier molecular flexibility index (Phi) is 7.42. The van der Waals surface area contributed by atoms with Crippen LogP contribution in [0.3, 0.4) is 0 Å². The molecule has 0 unspecified atom stereocenters. The molecule has 262 valence electrons. The normalized spacial score (nSPS) is 11.6. The molecule has 0 aliphatic rings. The molecule has 0 saturated carbocycles. The zero-order chi connectivity index (χ0) is 37.0. The summed E-state index contributed by atoms with van der Waals surface area (Å²) in [6.45, 7) is 0. The van der Waals surface area contributed by atoms with Crippen molar-refractivity contribution in [3.05, 3.63) is 200 Å². The molecule has 0 amide bonds. The summed E-state index contributed by atoms with van der Waals surface area (Å²) >= 11 is 0. The molecular formula is C51H33N5. The Morgan fingerprint density at radius 1 is 0.250 bits per heavy atom. The van der Waals surface area contributed by atoms with Gasteiger partial charge in [0.05, 0.1) is 22.1 Å². The Morgan fingerprint density at radius 2 is 0.643 bits per heavy atom. The molecule has 0 spiro atoms. The van der Waals surface area contributed by atoms with Crippen molar-refractivity contribution in [1.29, 1.82) is 0 Å². The summed E-state index contributed by atoms with van der Waals surface area (Å²) in [7, 11) is 0. The van der Waals surface area contributed by atoms with Gasteiger partial charge in [0.15, 0.2) is 17.5 Å². The summed E-state index contributed by atoms with van der Waals surface area (Å²) in [5, 5.41) is 4.95. The van der Waals surface area contributed by atoms with E-state index in [9.17, 15) is 0 Å². The average molecular weight is 716 g/mol. The Labute approximate surface area is 323 Å². The van der Waals surface area contributed by atoms with Crippen LogP contribution in [0.2, 0.25) is 0 Å². The molecule has 56 heavy (non-hydrogen) atoms. The Morgan fingerprint density at radius 3 is 1.21 bits per heavy atom. The lowest BCUT2D eigenvalue weighted by Crippen LogP contribution is -2.00. The fraction of sp³-hybridized carbons (Fsp3) is 0. The molecule has 5 nitrogen and oxygen atoms in total. The van der Waals surface area contributed by atoms with Gasteiger partial charge in [-0.1, -0.05) is 146 Å². The number of hydrogen-bond donors (Lipinski definition) is 0. The fourth-order valence-electron chi connectivity index (χ4n) is 8.18. The van der Waals surface area contributed by atoms with Crippen LogP contribution in [0, 0.1) is 0 Å². The highest BCUT2D eigenvalue weighted by Gasteiger charge is 2.17. The summed E-state index contributed by atoms with van der Waals surface area (Å²) in [6.07, 6.45) is 0. The molecule has 0 radical (unpaired) electrons. The van der Waals surface area contributed by atoms with Crippen LogP contribution in [0.1, 0.15) is 0 Å². The number of fused-ring (bicyclic) bond motifs is 6. The Hall–Kier alpha value is -7.63. The van der Waals surface area contributed by atoms with E-state index in [1.807, 2.05) is 60.7 Å². The largest absolute Gasteiger partial charge is 0.309 e. The van der Waals surface area contributed by atoms with E-state index in [4.69, 9.17) is 15.0 Å². The van der Waals surface area contributed by atoms with Gasteiger partial charge in [-0.05, 0) is 65.7 Å². The van der Waals surface area contributed by atoms with E-state index in [0.717, 1.165) is 44.7 Å². The average Bonchev–Trinajstić information content (AvgIpc) is 3.79. The first-order chi connectivity index (χ1) is 27.8. The molecular weight excluding hydrogens is 683 g/mol. The van der Waals surface area contributed by atoms with Gasteiger partial charge >= 0.3 is 0 Å². The summed E-state index contributed by atoms with van der Waals surface area (Å²) < 4.78 is 4.78. The third-order valence-electron chi connectivity index (χ3n) is 10.8. The van der Waals surface area contributed by atoms with E-state index in [-0.39, 0.29) is 0 Å². The van der Waals surface area contributed by atoms with Crippen molar-refractivity contribution in [3.8, 4) is 56.7 Å². The second-order valence-electron chi connectivity index (χ2n) is 14.1. The maximum Gasteiger partial charge on any atom is 0.164 e. The predicted octanol–water partition coefficient (Wildman–Crippen LogP) is 12.7. The van der Waals surface area contributed by atoms with Crippen LogP contribution in [0.4, 0.5) is 0 Å². The predicted molar refractivity (Wildman–Crippen MR) is 230 cm³/mol. The second-order valence-corrected chi connectivity index (χ2v) is 14.1. The molecule has 11 rings (SSSR count). The maximum atomic E-state index is 4.99. The standard InChI is InChI=1S/C51H33N5/c1-3-15-34(16-4-1)49-52-50(35-17-5-2-6-18-35)54-51(53-49)38-21-13-19-36(31-38)37-20-14-22-39(32-37)55-47-28-12-9-25-43(47)44-33-40(29-30-48(44)55)56-45-26-10-7-23-41(45)42-24-8-11-27-46(42)56/h1-33H. The van der Waals surface area contributed by atoms with E-state index in [2.05, 4.69) is 149 Å². The molecule has 5 heteroatoms. The van der Waals surface area contributed by atoms with Crippen molar-refractivity contribution in [1.82, 2.24) is 24.1 Å². The first-order valence-corrected chi connectivity index (χ1v) is 18.9. The highest BCUT2D eigenvalue weighted by Crippen LogP contribution is 2.38. The quantitative estimate of drug-likeness (QED) is 0.172. The lowest BCUT2D eigenvalue weighted by molar-refractivity contribution is 1.07. The number of rotatable bonds is 6. The van der Waals surface area contributed by atoms with E-state index >= 15 is 0 Å².